The zero-order chi connectivity index (χ0) is 82.1. The number of Topliss-reactive ketones (excluding diaryl/α,β-unsaturated/α-hetero) is 5. The molecule has 108 heavy (non-hydrogen) atoms. The van der Waals surface area contributed by atoms with E-state index in [4.69, 9.17) is 50.7 Å². The fourth-order valence-electron chi connectivity index (χ4n) is 10.7. The standard InChI is InChI=1S/C66H91N13O20.3CO2/c1-8-41(81)22-37(21-40-28-70-45-17-12-10-14-42(40)45)62(94)77-47(27-53(69)86)51(84)23-38(26-56(89)90)63(95)79-58-36(7)99-66(98)39(24-49(82)43-15-9-11-16-44(43)68)25-52(85)57(32(2)3)78-64(96)48(31-80)76-55(88)29-71-60(92)34(5)74-61(93)35(6)73-59(91)33(4)20-50(83)46(18-13-19-67)75-54(87)30-72-65(58)97;3*2-1-3/h9-12,14-17,28,32-39,46-48,57-58,70,80H,8,13,18-27,29-31,67-68H2,1-7H3,(H2,69,86)(H,71,92)(H,72,97)(H,73,91)(H,74,93)(H,75,87)(H,76,88)(H,77,94)(H,78,96)(H,79,95)(H,89,90);;;. The molecule has 2 heterocycles. The Morgan fingerprint density at radius 3 is 1.79 bits per heavy atom. The van der Waals surface area contributed by atoms with E-state index in [9.17, 15) is 91.7 Å². The average molecular weight is 1520 g/mol. The maximum atomic E-state index is 14.7. The van der Waals surface area contributed by atoms with Gasteiger partial charge in [0, 0.05) is 78.7 Å². The van der Waals surface area contributed by atoms with Gasteiger partial charge in [0.2, 0.25) is 59.1 Å². The number of hydrogen-bond donors (Lipinski definition) is 15. The number of aliphatic hydroxyl groups is 1. The number of anilines is 1. The number of hydrogen-bond acceptors (Lipinski definition) is 27. The fourth-order valence-corrected chi connectivity index (χ4v) is 10.7. The highest BCUT2D eigenvalue weighted by atomic mass is 16.5. The quantitative estimate of drug-likeness (QED) is 0.0230. The summed E-state index contributed by atoms with van der Waals surface area (Å²) in [6.45, 7) is 6.57. The Morgan fingerprint density at radius 1 is 0.657 bits per heavy atom. The van der Waals surface area contributed by atoms with Crippen molar-refractivity contribution in [2.75, 3.05) is 32.0 Å². The number of ketones is 5. The number of nitrogens with one attached hydrogen (secondary N) is 10. The number of ether oxygens (including phenoxy) is 1. The summed E-state index contributed by atoms with van der Waals surface area (Å²) < 4.78 is 5.80. The number of aromatic amines is 1. The summed E-state index contributed by atoms with van der Waals surface area (Å²) in [6.07, 6.45) is -5.27. The zero-order valence-corrected chi connectivity index (χ0v) is 60.2. The number of para-hydroxylation sites is 2. The van der Waals surface area contributed by atoms with Crippen LogP contribution in [0.2, 0.25) is 0 Å². The van der Waals surface area contributed by atoms with Crippen molar-refractivity contribution in [3.8, 4) is 0 Å². The van der Waals surface area contributed by atoms with Crippen molar-refractivity contribution in [2.24, 2.45) is 41.1 Å². The molecule has 2 aromatic carbocycles. The van der Waals surface area contributed by atoms with Gasteiger partial charge in [-0.2, -0.15) is 28.8 Å². The molecule has 4 rings (SSSR count). The molecule has 3 aromatic rings. The van der Waals surface area contributed by atoms with Gasteiger partial charge in [0.05, 0.1) is 62.5 Å². The number of H-pyrrole nitrogens is 1. The molecular weight excluding hydrogens is 1430 g/mol. The number of carboxylic acids is 1. The molecule has 39 nitrogen and oxygen atoms in total. The number of carbonyl (C=O) groups is 17. The van der Waals surface area contributed by atoms with E-state index in [1.807, 2.05) is 0 Å². The summed E-state index contributed by atoms with van der Waals surface area (Å²) in [7, 11) is 0. The molecule has 1 aromatic heterocycles. The van der Waals surface area contributed by atoms with E-state index >= 15 is 0 Å². The SMILES string of the molecule is CCC(=O)CC(Cc1c[nH]c2ccccc12)C(=O)NC(CC(N)=O)C(=O)CC(CC(=O)O)C(=O)NC1C(=O)NCC(=O)NC(CCCN)C(=O)CC(C)C(=O)NC(C)C(=O)NC(C)C(=O)NCC(=O)NC(CO)C(=O)NC(C(C)C)C(=O)CC(CC(=O)c2ccccc2N)C(=O)OC1C.O=C=O.O=C=O.O=C=O. The lowest BCUT2D eigenvalue weighted by atomic mass is 9.88. The second-order valence-electron chi connectivity index (χ2n) is 25.1. The van der Waals surface area contributed by atoms with Crippen LogP contribution in [0.5, 0.6) is 0 Å². The van der Waals surface area contributed by atoms with Crippen molar-refractivity contribution in [2.45, 2.75) is 167 Å². The van der Waals surface area contributed by atoms with E-state index < -0.39 is 230 Å². The molecule has 1 fully saturated rings. The first-order chi connectivity index (χ1) is 50.9. The lowest BCUT2D eigenvalue weighted by molar-refractivity contribution is -0.193. The van der Waals surface area contributed by atoms with Crippen LogP contribution in [0.15, 0.2) is 54.7 Å². The number of carbonyl (C=O) groups excluding carboxylic acids is 22. The van der Waals surface area contributed by atoms with Crippen molar-refractivity contribution >= 4 is 135 Å². The number of cyclic esters (lactones) is 1. The maximum absolute atomic E-state index is 14.7. The number of benzene rings is 2. The van der Waals surface area contributed by atoms with Gasteiger partial charge in [-0.1, -0.05) is 58.0 Å². The summed E-state index contributed by atoms with van der Waals surface area (Å²) in [6, 6.07) is 1.41. The van der Waals surface area contributed by atoms with Crippen molar-refractivity contribution in [1.29, 1.82) is 0 Å². The van der Waals surface area contributed by atoms with Crippen LogP contribution in [0.1, 0.15) is 129 Å². The van der Waals surface area contributed by atoms with Gasteiger partial charge in [0.1, 0.15) is 36.1 Å². The van der Waals surface area contributed by atoms with Gasteiger partial charge in [0.25, 0.3) is 0 Å². The number of nitrogen functional groups attached to an aromatic ring is 1. The minimum Gasteiger partial charge on any atom is -0.481 e. The van der Waals surface area contributed by atoms with Gasteiger partial charge in [-0.25, -0.2) is 0 Å². The molecule has 18 N–H and O–H groups in total. The Bertz CT molecular complexity index is 3790. The second-order valence-corrected chi connectivity index (χ2v) is 25.1. The lowest BCUT2D eigenvalue weighted by Gasteiger charge is -2.29. The summed E-state index contributed by atoms with van der Waals surface area (Å²) in [5.74, 6) is -24.5. The third-order valence-electron chi connectivity index (χ3n) is 16.4. The molecule has 12 unspecified atom stereocenters. The molecule has 0 saturated carbocycles. The molecule has 0 spiro atoms. The van der Waals surface area contributed by atoms with Crippen LogP contribution in [-0.2, 0) is 117 Å². The van der Waals surface area contributed by atoms with Gasteiger partial charge >= 0.3 is 30.4 Å². The molecule has 10 amide bonds. The molecule has 39 heteroatoms. The molecule has 588 valence electrons. The van der Waals surface area contributed by atoms with Crippen molar-refractivity contribution in [3.63, 3.8) is 0 Å². The summed E-state index contributed by atoms with van der Waals surface area (Å²) in [5.41, 5.74) is 18.6. The molecule has 1 aliphatic rings. The van der Waals surface area contributed by atoms with Crippen LogP contribution in [0.3, 0.4) is 0 Å². The number of esters is 1. The highest BCUT2D eigenvalue weighted by molar-refractivity contribution is 6.04. The summed E-state index contributed by atoms with van der Waals surface area (Å²) in [5, 5.41) is 42.2. The highest BCUT2D eigenvalue weighted by Crippen LogP contribution is 2.26. The molecular formula is C69H91N13O26. The van der Waals surface area contributed by atoms with Crippen LogP contribution in [-0.4, -0.2) is 208 Å². The number of aliphatic carboxylic acids is 1. The minimum absolute atomic E-state index is 0.0201. The number of rotatable bonds is 24. The van der Waals surface area contributed by atoms with Crippen molar-refractivity contribution in [1.82, 2.24) is 52.8 Å². The number of aliphatic hydroxyl groups excluding tert-OH is 1. The van der Waals surface area contributed by atoms with E-state index in [0.29, 0.717) is 5.56 Å². The highest BCUT2D eigenvalue weighted by Gasteiger charge is 2.40. The van der Waals surface area contributed by atoms with Crippen LogP contribution < -0.4 is 65.1 Å². The Labute approximate surface area is 617 Å². The smallest absolute Gasteiger partial charge is 0.373 e. The third-order valence-corrected chi connectivity index (χ3v) is 16.4. The van der Waals surface area contributed by atoms with E-state index in [2.05, 4.69) is 52.8 Å². The largest absolute Gasteiger partial charge is 0.481 e. The molecule has 1 aliphatic heterocycles. The van der Waals surface area contributed by atoms with Gasteiger partial charge in [-0.15, -0.1) is 0 Å². The Kier molecular flexibility index (Phi) is 42.4. The van der Waals surface area contributed by atoms with E-state index in [1.54, 1.807) is 37.4 Å². The summed E-state index contributed by atoms with van der Waals surface area (Å²) >= 11 is 0. The van der Waals surface area contributed by atoms with Gasteiger partial charge in [-0.05, 0) is 76.3 Å². The monoisotopic (exact) mass is 1520 g/mol. The third kappa shape index (κ3) is 32.9. The fraction of sp³-hybridized carbons (Fsp3) is 0.507. The number of amides is 10. The van der Waals surface area contributed by atoms with Crippen LogP contribution in [0, 0.1) is 29.6 Å². The van der Waals surface area contributed by atoms with E-state index in [-0.39, 0.29) is 74.1 Å². The summed E-state index contributed by atoms with van der Waals surface area (Å²) in [4.78, 5) is 285. The van der Waals surface area contributed by atoms with Crippen molar-refractivity contribution < 1.29 is 125 Å². The molecule has 0 bridgehead atoms. The maximum Gasteiger partial charge on any atom is 0.373 e. The Morgan fingerprint density at radius 2 is 1.22 bits per heavy atom. The van der Waals surface area contributed by atoms with E-state index in [1.165, 1.54) is 58.9 Å². The lowest BCUT2D eigenvalue weighted by Crippen LogP contribution is -2.57. The number of aromatic nitrogens is 1. The predicted molar refractivity (Wildman–Crippen MR) is 368 cm³/mol. The topological polar surface area (TPSA) is 644 Å². The van der Waals surface area contributed by atoms with Crippen molar-refractivity contribution in [3.05, 3.63) is 65.9 Å². The number of fused-ring (bicyclic) bond motifs is 1. The van der Waals surface area contributed by atoms with Crippen LogP contribution in [0.4, 0.5) is 5.69 Å². The number of nitrogens with two attached hydrogens (primary N) is 3. The van der Waals surface area contributed by atoms with Crippen LogP contribution in [0.25, 0.3) is 10.9 Å². The van der Waals surface area contributed by atoms with Gasteiger partial charge in [-0.3, -0.25) is 81.5 Å². The first kappa shape index (κ1) is 93.8. The first-order valence-corrected chi connectivity index (χ1v) is 33.6. The van der Waals surface area contributed by atoms with E-state index in [0.717, 1.165) is 17.8 Å². The molecule has 12 atom stereocenters. The molecule has 1 saturated heterocycles. The predicted octanol–water partition coefficient (Wildman–Crippen LogP) is -4.11. The second kappa shape index (κ2) is 48.8. The number of carboxylic acid groups (broad SMARTS) is 1. The first-order valence-electron chi connectivity index (χ1n) is 33.6. The molecule has 0 aliphatic carbocycles. The Hall–Kier alpha value is -12.2. The number of primary amides is 1. The zero-order valence-electron chi connectivity index (χ0n) is 60.2. The Balaban J connectivity index is 0.00000615. The minimum atomic E-state index is -2.20. The van der Waals surface area contributed by atoms with Gasteiger partial charge < -0.3 is 85.0 Å². The van der Waals surface area contributed by atoms with Gasteiger partial charge in [0.15, 0.2) is 23.1 Å². The molecule has 0 radical (unpaired) electrons. The average Bonchev–Trinajstić information content (AvgIpc) is 1.51. The normalized spacial score (nSPS) is 21.1. The van der Waals surface area contributed by atoms with Crippen LogP contribution >= 0.6 is 0 Å².